The van der Waals surface area contributed by atoms with E-state index in [1.807, 2.05) is 0 Å². The van der Waals surface area contributed by atoms with Gasteiger partial charge in [-0.2, -0.15) is 0 Å². The first kappa shape index (κ1) is 15.8. The van der Waals surface area contributed by atoms with Gasteiger partial charge in [-0.1, -0.05) is 30.3 Å². The lowest BCUT2D eigenvalue weighted by molar-refractivity contribution is -0.175. The highest BCUT2D eigenvalue weighted by Gasteiger charge is 2.23. The lowest BCUT2D eigenvalue weighted by Crippen LogP contribution is -2.33. The van der Waals surface area contributed by atoms with Crippen LogP contribution >= 0.6 is 7.60 Å². The molecule has 1 unspecified atom stereocenters. The van der Waals surface area contributed by atoms with Gasteiger partial charge in [0.15, 0.2) is 6.10 Å². The third-order valence-electron chi connectivity index (χ3n) is 2.42. The molecular weight excluding hydrogens is 273 g/mol. The minimum atomic E-state index is -4.15. The predicted molar refractivity (Wildman–Crippen MR) is 66.4 cm³/mol. The lowest BCUT2D eigenvalue weighted by Gasteiger charge is -2.18. The Morgan fingerprint density at radius 1 is 1.26 bits per heavy atom. The highest BCUT2D eigenvalue weighted by molar-refractivity contribution is 7.51. The second-order valence-electron chi connectivity index (χ2n) is 4.02. The van der Waals surface area contributed by atoms with Crippen LogP contribution in [0, 0.1) is 0 Å². The van der Waals surface area contributed by atoms with Crippen LogP contribution in [0.5, 0.6) is 0 Å². The SMILES string of the molecule is O=C(C(O)c1ccccc1)N(O)CCCP(=O)(O)O. The number of nitrogens with zero attached hydrogens (tertiary/aromatic N) is 1. The summed E-state index contributed by atoms with van der Waals surface area (Å²) in [6.07, 6.45) is -1.99. The molecule has 0 aromatic heterocycles. The Labute approximate surface area is 110 Å². The largest absolute Gasteiger partial charge is 0.378 e. The van der Waals surface area contributed by atoms with Crippen LogP contribution in [0.2, 0.25) is 0 Å². The van der Waals surface area contributed by atoms with E-state index in [9.17, 15) is 19.7 Å². The zero-order valence-electron chi connectivity index (χ0n) is 10.1. The molecule has 8 heteroatoms. The smallest absolute Gasteiger partial charge is 0.325 e. The van der Waals surface area contributed by atoms with Crippen molar-refractivity contribution in [2.24, 2.45) is 0 Å². The van der Waals surface area contributed by atoms with Crippen molar-refractivity contribution < 1.29 is 29.5 Å². The summed E-state index contributed by atoms with van der Waals surface area (Å²) in [6, 6.07) is 8.07. The highest BCUT2D eigenvalue weighted by Crippen LogP contribution is 2.34. The van der Waals surface area contributed by atoms with Crippen LogP contribution in [0.4, 0.5) is 0 Å². The maximum atomic E-state index is 11.6. The minimum Gasteiger partial charge on any atom is -0.378 e. The number of aliphatic hydroxyl groups excluding tert-OH is 1. The number of hydrogen-bond donors (Lipinski definition) is 4. The van der Waals surface area contributed by atoms with Gasteiger partial charge in [0, 0.05) is 6.54 Å². The molecular formula is C11H16NO6P. The van der Waals surface area contributed by atoms with E-state index in [1.165, 1.54) is 12.1 Å². The van der Waals surface area contributed by atoms with Gasteiger partial charge < -0.3 is 14.9 Å². The van der Waals surface area contributed by atoms with E-state index >= 15 is 0 Å². The number of amides is 1. The zero-order valence-corrected chi connectivity index (χ0v) is 11.0. The molecule has 1 amide bonds. The summed E-state index contributed by atoms with van der Waals surface area (Å²) in [7, 11) is -4.15. The average Bonchev–Trinajstić information content (AvgIpc) is 2.36. The number of hydroxylamine groups is 2. The molecule has 0 saturated heterocycles. The van der Waals surface area contributed by atoms with Gasteiger partial charge in [-0.15, -0.1) is 0 Å². The van der Waals surface area contributed by atoms with E-state index in [2.05, 4.69) is 0 Å². The number of carbonyl (C=O) groups is 1. The first-order chi connectivity index (χ1) is 8.81. The van der Waals surface area contributed by atoms with Crippen molar-refractivity contribution in [2.45, 2.75) is 12.5 Å². The molecule has 0 aliphatic heterocycles. The monoisotopic (exact) mass is 289 g/mol. The molecule has 0 fully saturated rings. The van der Waals surface area contributed by atoms with Crippen LogP contribution in [0.15, 0.2) is 30.3 Å². The highest BCUT2D eigenvalue weighted by atomic mass is 31.2. The molecule has 1 rings (SSSR count). The molecule has 4 N–H and O–H groups in total. The summed E-state index contributed by atoms with van der Waals surface area (Å²) in [4.78, 5) is 28.9. The molecule has 1 atom stereocenters. The second-order valence-corrected chi connectivity index (χ2v) is 5.79. The molecule has 106 valence electrons. The van der Waals surface area contributed by atoms with Crippen molar-refractivity contribution in [1.82, 2.24) is 5.06 Å². The third kappa shape index (κ3) is 5.50. The van der Waals surface area contributed by atoms with Crippen molar-refractivity contribution in [2.75, 3.05) is 12.7 Å². The van der Waals surface area contributed by atoms with Crippen molar-refractivity contribution in [1.29, 1.82) is 0 Å². The van der Waals surface area contributed by atoms with Gasteiger partial charge in [0.05, 0.1) is 6.16 Å². The van der Waals surface area contributed by atoms with Gasteiger partial charge in [-0.25, -0.2) is 5.06 Å². The third-order valence-corrected chi connectivity index (χ3v) is 3.32. The number of aliphatic hydroxyl groups is 1. The maximum Gasteiger partial charge on any atom is 0.325 e. The van der Waals surface area contributed by atoms with Gasteiger partial charge in [0.25, 0.3) is 5.91 Å². The fraction of sp³-hybridized carbons (Fsp3) is 0.364. The number of benzene rings is 1. The standard InChI is InChI=1S/C11H16NO6P/c13-10(9-5-2-1-3-6-9)11(14)12(15)7-4-8-19(16,17)18/h1-3,5-6,10,13,15H,4,7-8H2,(H2,16,17,18). The van der Waals surface area contributed by atoms with E-state index in [0.29, 0.717) is 5.56 Å². The summed E-state index contributed by atoms with van der Waals surface area (Å²) in [5.41, 5.74) is 0.335. The van der Waals surface area contributed by atoms with Crippen LogP contribution in [0.3, 0.4) is 0 Å². The lowest BCUT2D eigenvalue weighted by atomic mass is 10.1. The number of hydrogen-bond acceptors (Lipinski definition) is 4. The molecule has 0 aliphatic rings. The van der Waals surface area contributed by atoms with Crippen LogP contribution in [0.25, 0.3) is 0 Å². The molecule has 1 aromatic carbocycles. The Kier molecular flexibility index (Phi) is 5.65. The normalized spacial score (nSPS) is 13.1. The average molecular weight is 289 g/mol. The van der Waals surface area contributed by atoms with Crippen molar-refractivity contribution >= 4 is 13.5 Å². The van der Waals surface area contributed by atoms with Crippen molar-refractivity contribution in [3.63, 3.8) is 0 Å². The van der Waals surface area contributed by atoms with Gasteiger partial charge in [-0.05, 0) is 12.0 Å². The van der Waals surface area contributed by atoms with E-state index in [-0.39, 0.29) is 18.0 Å². The van der Waals surface area contributed by atoms with Crippen LogP contribution in [-0.4, -0.2) is 43.8 Å². The second kappa shape index (κ2) is 6.79. The Morgan fingerprint density at radius 2 is 1.84 bits per heavy atom. The number of rotatable bonds is 6. The molecule has 0 saturated carbocycles. The van der Waals surface area contributed by atoms with E-state index < -0.39 is 25.8 Å². The van der Waals surface area contributed by atoms with E-state index in [1.54, 1.807) is 18.2 Å². The molecule has 0 radical (unpaired) electrons. The molecule has 0 spiro atoms. The Morgan fingerprint density at radius 3 is 2.37 bits per heavy atom. The van der Waals surface area contributed by atoms with E-state index in [0.717, 1.165) is 0 Å². The number of carbonyl (C=O) groups excluding carboxylic acids is 1. The quantitative estimate of drug-likeness (QED) is 0.344. The molecule has 0 aliphatic carbocycles. The summed E-state index contributed by atoms with van der Waals surface area (Å²) in [5.74, 6) is -0.933. The Bertz CT molecular complexity index is 460. The van der Waals surface area contributed by atoms with Crippen LogP contribution < -0.4 is 0 Å². The van der Waals surface area contributed by atoms with Crippen LogP contribution in [0.1, 0.15) is 18.1 Å². The van der Waals surface area contributed by atoms with Crippen molar-refractivity contribution in [3.8, 4) is 0 Å². The fourth-order valence-electron chi connectivity index (χ4n) is 1.46. The molecule has 0 bridgehead atoms. The maximum absolute atomic E-state index is 11.6. The van der Waals surface area contributed by atoms with Crippen molar-refractivity contribution in [3.05, 3.63) is 35.9 Å². The van der Waals surface area contributed by atoms with Crippen LogP contribution in [-0.2, 0) is 9.36 Å². The molecule has 1 aromatic rings. The summed E-state index contributed by atoms with van der Waals surface area (Å²) >= 11 is 0. The Hall–Kier alpha value is -1.24. The van der Waals surface area contributed by atoms with Gasteiger partial charge in [0.1, 0.15) is 0 Å². The zero-order chi connectivity index (χ0) is 14.5. The van der Waals surface area contributed by atoms with Gasteiger partial charge >= 0.3 is 7.60 Å². The minimum absolute atomic E-state index is 0.0615. The predicted octanol–water partition coefficient (Wildman–Crippen LogP) is 0.506. The Balaban J connectivity index is 2.51. The van der Waals surface area contributed by atoms with E-state index in [4.69, 9.17) is 9.79 Å². The summed E-state index contributed by atoms with van der Waals surface area (Å²) in [5, 5.41) is 19.4. The summed E-state index contributed by atoms with van der Waals surface area (Å²) < 4.78 is 10.6. The molecule has 7 nitrogen and oxygen atoms in total. The topological polar surface area (TPSA) is 118 Å². The first-order valence-corrected chi connectivity index (χ1v) is 7.39. The first-order valence-electron chi connectivity index (χ1n) is 5.59. The molecule has 19 heavy (non-hydrogen) atoms. The van der Waals surface area contributed by atoms with Gasteiger partial charge in [-0.3, -0.25) is 14.6 Å². The molecule has 0 heterocycles. The fourth-order valence-corrected chi connectivity index (χ4v) is 2.01. The van der Waals surface area contributed by atoms with Gasteiger partial charge in [0.2, 0.25) is 0 Å². The summed E-state index contributed by atoms with van der Waals surface area (Å²) in [6.45, 7) is -0.256.